The number of nitrogen functional groups attached to an aromatic ring is 1. The quantitative estimate of drug-likeness (QED) is 0.769. The van der Waals surface area contributed by atoms with Crippen LogP contribution < -0.4 is 16.4 Å². The number of rotatable bonds is 5. The van der Waals surface area contributed by atoms with Gasteiger partial charge < -0.3 is 16.4 Å². The van der Waals surface area contributed by atoms with Gasteiger partial charge in [0.05, 0.1) is 12.2 Å². The Hall–Kier alpha value is -2.22. The second kappa shape index (κ2) is 5.65. The van der Waals surface area contributed by atoms with Gasteiger partial charge in [0.1, 0.15) is 16.5 Å². The molecule has 0 spiro atoms. The molecule has 2 aromatic rings. The van der Waals surface area contributed by atoms with E-state index in [1.165, 1.54) is 11.3 Å². The summed E-state index contributed by atoms with van der Waals surface area (Å²) >= 11 is 1.28. The SMILES string of the molecule is Cc1nccc(CNC(=O)c2sc(NC3CC3)nc2N)n1. The molecular formula is C13H16N6OS. The maximum atomic E-state index is 12.1. The molecule has 1 aliphatic carbocycles. The zero-order valence-electron chi connectivity index (χ0n) is 11.6. The lowest BCUT2D eigenvalue weighted by atomic mass is 10.3. The topological polar surface area (TPSA) is 106 Å². The van der Waals surface area contributed by atoms with E-state index in [4.69, 9.17) is 5.73 Å². The minimum Gasteiger partial charge on any atom is -0.382 e. The molecule has 0 unspecified atom stereocenters. The molecule has 0 radical (unpaired) electrons. The van der Waals surface area contributed by atoms with E-state index in [1.54, 1.807) is 12.3 Å². The maximum absolute atomic E-state index is 12.1. The van der Waals surface area contributed by atoms with Crippen LogP contribution in [0.1, 0.15) is 34.0 Å². The molecule has 7 nitrogen and oxygen atoms in total. The minimum absolute atomic E-state index is 0.231. The van der Waals surface area contributed by atoms with Crippen LogP contribution in [0.2, 0.25) is 0 Å². The molecule has 0 bridgehead atoms. The number of amides is 1. The molecule has 110 valence electrons. The van der Waals surface area contributed by atoms with E-state index in [1.807, 2.05) is 6.92 Å². The Kier molecular flexibility index (Phi) is 3.70. The molecular weight excluding hydrogens is 288 g/mol. The van der Waals surface area contributed by atoms with Gasteiger partial charge in [0.2, 0.25) is 0 Å². The minimum atomic E-state index is -0.231. The van der Waals surface area contributed by atoms with Crippen molar-refractivity contribution in [3.63, 3.8) is 0 Å². The zero-order chi connectivity index (χ0) is 14.8. The van der Waals surface area contributed by atoms with Crippen LogP contribution in [0, 0.1) is 6.92 Å². The van der Waals surface area contributed by atoms with Gasteiger partial charge in [0, 0.05) is 12.2 Å². The van der Waals surface area contributed by atoms with Crippen molar-refractivity contribution in [1.29, 1.82) is 0 Å². The van der Waals surface area contributed by atoms with Crippen molar-refractivity contribution >= 4 is 28.2 Å². The third-order valence-electron chi connectivity index (χ3n) is 3.03. The number of hydrogen-bond acceptors (Lipinski definition) is 7. The third-order valence-corrected chi connectivity index (χ3v) is 4.03. The van der Waals surface area contributed by atoms with Gasteiger partial charge in [-0.3, -0.25) is 4.79 Å². The maximum Gasteiger partial charge on any atom is 0.265 e. The molecule has 2 aromatic heterocycles. The lowest BCUT2D eigenvalue weighted by Crippen LogP contribution is -2.23. The summed E-state index contributed by atoms with van der Waals surface area (Å²) in [5, 5.41) is 6.75. The first-order chi connectivity index (χ1) is 10.1. The second-order valence-corrected chi connectivity index (χ2v) is 5.93. The highest BCUT2D eigenvalue weighted by molar-refractivity contribution is 7.18. The van der Waals surface area contributed by atoms with Gasteiger partial charge in [0.25, 0.3) is 5.91 Å². The Balaban J connectivity index is 1.63. The molecule has 8 heteroatoms. The largest absolute Gasteiger partial charge is 0.382 e. The van der Waals surface area contributed by atoms with E-state index in [0.717, 1.165) is 18.5 Å². The Labute approximate surface area is 126 Å². The van der Waals surface area contributed by atoms with Gasteiger partial charge in [-0.1, -0.05) is 11.3 Å². The summed E-state index contributed by atoms with van der Waals surface area (Å²) in [5.41, 5.74) is 6.56. The fraction of sp³-hybridized carbons (Fsp3) is 0.385. The number of thiazole rings is 1. The highest BCUT2D eigenvalue weighted by Gasteiger charge is 2.24. The molecule has 1 saturated carbocycles. The molecule has 1 fully saturated rings. The van der Waals surface area contributed by atoms with E-state index in [9.17, 15) is 4.79 Å². The van der Waals surface area contributed by atoms with Crippen LogP contribution in [-0.2, 0) is 6.54 Å². The first kappa shape index (κ1) is 13.7. The number of carbonyl (C=O) groups excluding carboxylic acids is 1. The molecule has 4 N–H and O–H groups in total. The van der Waals surface area contributed by atoms with Crippen LogP contribution in [0.3, 0.4) is 0 Å². The van der Waals surface area contributed by atoms with E-state index in [-0.39, 0.29) is 11.7 Å². The molecule has 0 saturated heterocycles. The van der Waals surface area contributed by atoms with Crippen molar-refractivity contribution in [1.82, 2.24) is 20.3 Å². The molecule has 3 rings (SSSR count). The molecule has 2 heterocycles. The van der Waals surface area contributed by atoms with E-state index < -0.39 is 0 Å². The smallest absolute Gasteiger partial charge is 0.265 e. The van der Waals surface area contributed by atoms with Crippen LogP contribution in [-0.4, -0.2) is 26.9 Å². The monoisotopic (exact) mass is 304 g/mol. The summed E-state index contributed by atoms with van der Waals surface area (Å²) in [5.74, 6) is 0.708. The summed E-state index contributed by atoms with van der Waals surface area (Å²) < 4.78 is 0. The predicted molar refractivity (Wildman–Crippen MR) is 81.1 cm³/mol. The number of nitrogens with two attached hydrogens (primary N) is 1. The first-order valence-electron chi connectivity index (χ1n) is 6.71. The van der Waals surface area contributed by atoms with Crippen LogP contribution in [0.25, 0.3) is 0 Å². The zero-order valence-corrected chi connectivity index (χ0v) is 12.4. The average Bonchev–Trinajstić information content (AvgIpc) is 3.18. The van der Waals surface area contributed by atoms with Gasteiger partial charge in [-0.05, 0) is 25.8 Å². The van der Waals surface area contributed by atoms with Crippen molar-refractivity contribution in [3.05, 3.63) is 28.7 Å². The van der Waals surface area contributed by atoms with Gasteiger partial charge in [-0.25, -0.2) is 15.0 Å². The number of aryl methyl sites for hydroxylation is 1. The molecule has 1 aliphatic rings. The summed E-state index contributed by atoms with van der Waals surface area (Å²) in [6, 6.07) is 2.25. The number of aromatic nitrogens is 3. The van der Waals surface area contributed by atoms with Crippen LogP contribution >= 0.6 is 11.3 Å². The summed E-state index contributed by atoms with van der Waals surface area (Å²) in [7, 11) is 0. The van der Waals surface area contributed by atoms with Crippen molar-refractivity contribution in [2.24, 2.45) is 0 Å². The highest BCUT2D eigenvalue weighted by atomic mass is 32.1. The summed E-state index contributed by atoms with van der Waals surface area (Å²) in [6.45, 7) is 2.15. The first-order valence-corrected chi connectivity index (χ1v) is 7.53. The number of nitrogens with one attached hydrogen (secondary N) is 2. The molecule has 1 amide bonds. The van der Waals surface area contributed by atoms with Crippen molar-refractivity contribution in [3.8, 4) is 0 Å². The summed E-state index contributed by atoms with van der Waals surface area (Å²) in [6.07, 6.45) is 3.96. The number of hydrogen-bond donors (Lipinski definition) is 3. The fourth-order valence-electron chi connectivity index (χ4n) is 1.81. The highest BCUT2D eigenvalue weighted by Crippen LogP contribution is 2.30. The van der Waals surface area contributed by atoms with Crippen molar-refractivity contribution < 1.29 is 4.79 Å². The summed E-state index contributed by atoms with van der Waals surface area (Å²) in [4.78, 5) is 25.0. The number of carbonyl (C=O) groups is 1. The van der Waals surface area contributed by atoms with Gasteiger partial charge in [0.15, 0.2) is 5.13 Å². The standard InChI is InChI=1S/C13H16N6OS/c1-7-15-5-4-9(17-7)6-16-12(20)10-11(14)19-13(21-10)18-8-2-3-8/h4-5,8H,2-3,6,14H2,1H3,(H,16,20)(H,18,19). The van der Waals surface area contributed by atoms with E-state index >= 15 is 0 Å². The van der Waals surface area contributed by atoms with E-state index in [0.29, 0.717) is 28.4 Å². The van der Waals surface area contributed by atoms with Crippen LogP contribution in [0.5, 0.6) is 0 Å². The third kappa shape index (κ3) is 3.46. The number of anilines is 2. The van der Waals surface area contributed by atoms with Gasteiger partial charge in [-0.2, -0.15) is 0 Å². The van der Waals surface area contributed by atoms with Crippen molar-refractivity contribution in [2.75, 3.05) is 11.1 Å². The molecule has 0 aromatic carbocycles. The lowest BCUT2D eigenvalue weighted by molar-refractivity contribution is 0.0955. The molecule has 0 atom stereocenters. The van der Waals surface area contributed by atoms with E-state index in [2.05, 4.69) is 25.6 Å². The Morgan fingerprint density at radius 3 is 3.00 bits per heavy atom. The second-order valence-electron chi connectivity index (χ2n) is 4.93. The predicted octanol–water partition coefficient (Wildman–Crippen LogP) is 1.33. The normalized spacial score (nSPS) is 14.0. The number of nitrogens with zero attached hydrogens (tertiary/aromatic N) is 3. The molecule has 21 heavy (non-hydrogen) atoms. The average molecular weight is 304 g/mol. The Bertz CT molecular complexity index is 666. The van der Waals surface area contributed by atoms with Gasteiger partial charge in [-0.15, -0.1) is 0 Å². The fourth-order valence-corrected chi connectivity index (χ4v) is 2.69. The van der Waals surface area contributed by atoms with Crippen LogP contribution in [0.4, 0.5) is 10.9 Å². The van der Waals surface area contributed by atoms with Gasteiger partial charge >= 0.3 is 0 Å². The Morgan fingerprint density at radius 2 is 2.29 bits per heavy atom. The van der Waals surface area contributed by atoms with Crippen LogP contribution in [0.15, 0.2) is 12.3 Å². The Morgan fingerprint density at radius 1 is 1.48 bits per heavy atom. The van der Waals surface area contributed by atoms with Crippen molar-refractivity contribution in [2.45, 2.75) is 32.4 Å². The lowest BCUT2D eigenvalue weighted by Gasteiger charge is -2.03. The molecule has 0 aliphatic heterocycles.